The molecule has 4 rings (SSSR count). The zero-order chi connectivity index (χ0) is 22.0. The molecule has 6 heteroatoms. The van der Waals surface area contributed by atoms with Crippen molar-refractivity contribution in [3.8, 4) is 0 Å². The third kappa shape index (κ3) is 2.83. The number of aryl methyl sites for hydroxylation is 3. The van der Waals surface area contributed by atoms with Crippen molar-refractivity contribution in [2.24, 2.45) is 27.7 Å². The van der Waals surface area contributed by atoms with E-state index in [4.69, 9.17) is 4.99 Å². The van der Waals surface area contributed by atoms with Gasteiger partial charge in [-0.3, -0.25) is 19.9 Å². The van der Waals surface area contributed by atoms with Gasteiger partial charge in [0.25, 0.3) is 5.91 Å². The van der Waals surface area contributed by atoms with Crippen molar-refractivity contribution in [1.82, 2.24) is 5.32 Å². The number of hydrogen-bond acceptors (Lipinski definition) is 4. The molecule has 2 bridgehead atoms. The van der Waals surface area contributed by atoms with Gasteiger partial charge in [0.15, 0.2) is 5.92 Å². The molecule has 0 radical (unpaired) electrons. The van der Waals surface area contributed by atoms with Gasteiger partial charge < -0.3 is 0 Å². The van der Waals surface area contributed by atoms with Crippen LogP contribution in [0, 0.1) is 43.4 Å². The normalized spacial score (nSPS) is 32.9. The second-order valence-electron chi connectivity index (χ2n) is 10.1. The summed E-state index contributed by atoms with van der Waals surface area (Å²) in [5.74, 6) is -1.60. The summed E-state index contributed by atoms with van der Waals surface area (Å²) in [4.78, 5) is 44.2. The monoisotopic (exact) mass is 409 g/mol. The highest BCUT2D eigenvalue weighted by molar-refractivity contribution is 6.33. The van der Waals surface area contributed by atoms with Gasteiger partial charge in [-0.05, 0) is 67.9 Å². The molecule has 1 N–H and O–H groups in total. The molecule has 0 unspecified atom stereocenters. The van der Waals surface area contributed by atoms with Crippen LogP contribution in [-0.4, -0.2) is 30.1 Å². The third-order valence-electron chi connectivity index (χ3n) is 8.22. The maximum absolute atomic E-state index is 13.3. The first-order valence-corrected chi connectivity index (χ1v) is 10.8. The minimum Gasteiger partial charge on any atom is -0.292 e. The van der Waals surface area contributed by atoms with Crippen LogP contribution in [-0.2, 0) is 9.59 Å². The number of nitrogens with one attached hydrogen (secondary N) is 1. The van der Waals surface area contributed by atoms with Gasteiger partial charge in [-0.25, -0.2) is 9.69 Å². The van der Waals surface area contributed by atoms with Crippen molar-refractivity contribution < 1.29 is 14.4 Å². The Morgan fingerprint density at radius 2 is 1.73 bits per heavy atom. The Balaban J connectivity index is 1.64. The third-order valence-corrected chi connectivity index (χ3v) is 8.22. The van der Waals surface area contributed by atoms with Crippen LogP contribution in [0.15, 0.2) is 17.1 Å². The van der Waals surface area contributed by atoms with Crippen molar-refractivity contribution in [3.63, 3.8) is 0 Å². The largest absolute Gasteiger partial charge is 0.335 e. The van der Waals surface area contributed by atoms with E-state index >= 15 is 0 Å². The van der Waals surface area contributed by atoms with Crippen molar-refractivity contribution in [1.29, 1.82) is 0 Å². The lowest BCUT2D eigenvalue weighted by atomic mass is 9.69. The molecule has 0 aromatic heterocycles. The lowest BCUT2D eigenvalue weighted by Crippen LogP contribution is -2.59. The van der Waals surface area contributed by atoms with Crippen LogP contribution in [0.4, 0.5) is 10.5 Å². The Bertz CT molecular complexity index is 957. The molecule has 160 valence electrons. The second-order valence-corrected chi connectivity index (χ2v) is 10.1. The Labute approximate surface area is 178 Å². The van der Waals surface area contributed by atoms with Gasteiger partial charge in [-0.2, -0.15) is 0 Å². The van der Waals surface area contributed by atoms with Crippen molar-refractivity contribution in [3.05, 3.63) is 28.8 Å². The molecule has 6 nitrogen and oxygen atoms in total. The van der Waals surface area contributed by atoms with Crippen LogP contribution in [0.25, 0.3) is 0 Å². The van der Waals surface area contributed by atoms with E-state index in [0.717, 1.165) is 34.4 Å². The number of anilines is 1. The smallest absolute Gasteiger partial charge is 0.292 e. The molecule has 30 heavy (non-hydrogen) atoms. The maximum Gasteiger partial charge on any atom is 0.335 e. The Kier molecular flexibility index (Phi) is 4.68. The number of urea groups is 1. The topological polar surface area (TPSA) is 78.8 Å². The number of carbonyl (C=O) groups is 3. The van der Waals surface area contributed by atoms with E-state index in [1.54, 1.807) is 0 Å². The number of aliphatic imine (C=N–C) groups is 1. The van der Waals surface area contributed by atoms with Crippen LogP contribution in [0.2, 0.25) is 0 Å². The molecule has 3 aliphatic rings. The summed E-state index contributed by atoms with van der Waals surface area (Å²) >= 11 is 0. The van der Waals surface area contributed by atoms with Crippen molar-refractivity contribution in [2.45, 2.75) is 66.8 Å². The summed E-state index contributed by atoms with van der Waals surface area (Å²) in [6.07, 6.45) is 4.81. The van der Waals surface area contributed by atoms with Crippen LogP contribution < -0.4 is 10.2 Å². The molecule has 2 saturated carbocycles. The Morgan fingerprint density at radius 3 is 2.27 bits per heavy atom. The van der Waals surface area contributed by atoms with E-state index in [9.17, 15) is 14.4 Å². The number of hydrogen-bond donors (Lipinski definition) is 1. The minimum absolute atomic E-state index is 0.0714. The number of nitrogens with zero attached hydrogens (tertiary/aromatic N) is 2. The zero-order valence-corrected chi connectivity index (χ0v) is 18.7. The predicted molar refractivity (Wildman–Crippen MR) is 117 cm³/mol. The standard InChI is InChI=1S/C24H31N3O3/c1-13-9-14(2)19(15(3)10-13)27-21(29)17(20(28)26-22(27)30)12-25-18-11-16-7-8-24(18,6)23(16,4)5/h9-10,12,16-18H,7-8,11H2,1-6H3,(H,26,28,30)/t16-,17-,18-,24-/m0/s1. The number of imide groups is 2. The van der Waals surface area contributed by atoms with Gasteiger partial charge >= 0.3 is 6.03 Å². The predicted octanol–water partition coefficient (Wildman–Crippen LogP) is 4.10. The van der Waals surface area contributed by atoms with Crippen molar-refractivity contribution in [2.75, 3.05) is 4.90 Å². The highest BCUT2D eigenvalue weighted by Gasteiger charge is 2.61. The molecular weight excluding hydrogens is 378 g/mol. The summed E-state index contributed by atoms with van der Waals surface area (Å²) in [6.45, 7) is 12.6. The quantitative estimate of drug-likeness (QED) is 0.603. The molecule has 1 aromatic carbocycles. The SMILES string of the molecule is Cc1cc(C)c(N2C(=O)NC(=O)[C@H](C=N[C@H]3C[C@@H]4CC[C@]3(C)C4(C)C)C2=O)c(C)c1. The zero-order valence-electron chi connectivity index (χ0n) is 18.7. The van der Waals surface area contributed by atoms with Gasteiger partial charge in [-0.1, -0.05) is 38.5 Å². The van der Waals surface area contributed by atoms with E-state index in [1.807, 2.05) is 32.9 Å². The van der Waals surface area contributed by atoms with Crippen LogP contribution in [0.5, 0.6) is 0 Å². The van der Waals surface area contributed by atoms with E-state index in [0.29, 0.717) is 11.6 Å². The molecular formula is C24H31N3O3. The van der Waals surface area contributed by atoms with Gasteiger partial charge in [-0.15, -0.1) is 0 Å². The number of rotatable bonds is 3. The molecule has 4 atom stereocenters. The first-order chi connectivity index (χ1) is 14.0. The van der Waals surface area contributed by atoms with E-state index in [-0.39, 0.29) is 16.9 Å². The number of fused-ring (bicyclic) bond motifs is 2. The van der Waals surface area contributed by atoms with E-state index in [1.165, 1.54) is 12.6 Å². The van der Waals surface area contributed by atoms with Crippen LogP contribution in [0.1, 0.15) is 56.7 Å². The fraction of sp³-hybridized carbons (Fsp3) is 0.583. The average molecular weight is 410 g/mol. The maximum atomic E-state index is 13.3. The molecule has 0 spiro atoms. The fourth-order valence-corrected chi connectivity index (χ4v) is 6.04. The average Bonchev–Trinajstić information content (AvgIpc) is 2.96. The molecule has 4 amide bonds. The second kappa shape index (κ2) is 6.76. The van der Waals surface area contributed by atoms with Gasteiger partial charge in [0, 0.05) is 6.21 Å². The summed E-state index contributed by atoms with van der Waals surface area (Å²) in [5, 5.41) is 2.35. The summed E-state index contributed by atoms with van der Waals surface area (Å²) in [6, 6.07) is 3.26. The first-order valence-electron chi connectivity index (χ1n) is 10.8. The van der Waals surface area contributed by atoms with Gasteiger partial charge in [0.1, 0.15) is 0 Å². The summed E-state index contributed by atoms with van der Waals surface area (Å²) in [7, 11) is 0. The lowest BCUT2D eigenvalue weighted by molar-refractivity contribution is -0.131. The number of benzene rings is 1. The van der Waals surface area contributed by atoms with Gasteiger partial charge in [0.2, 0.25) is 5.91 Å². The van der Waals surface area contributed by atoms with E-state index < -0.39 is 23.8 Å². The molecule has 2 aliphatic carbocycles. The number of barbiturate groups is 1. The number of amides is 4. The Hall–Kier alpha value is -2.50. The highest BCUT2D eigenvalue weighted by Crippen LogP contribution is 2.66. The van der Waals surface area contributed by atoms with E-state index in [2.05, 4.69) is 26.1 Å². The molecule has 1 aliphatic heterocycles. The Morgan fingerprint density at radius 1 is 1.10 bits per heavy atom. The first kappa shape index (κ1) is 20.8. The van der Waals surface area contributed by atoms with Crippen LogP contribution in [0.3, 0.4) is 0 Å². The fourth-order valence-electron chi connectivity index (χ4n) is 6.04. The molecule has 1 saturated heterocycles. The molecule has 1 aromatic rings. The molecule has 3 fully saturated rings. The highest BCUT2D eigenvalue weighted by atomic mass is 16.2. The molecule has 1 heterocycles. The summed E-state index contributed by atoms with van der Waals surface area (Å²) in [5.41, 5.74) is 3.52. The van der Waals surface area contributed by atoms with Gasteiger partial charge in [0.05, 0.1) is 11.7 Å². The van der Waals surface area contributed by atoms with Crippen LogP contribution >= 0.6 is 0 Å². The number of carbonyl (C=O) groups excluding carboxylic acids is 3. The van der Waals surface area contributed by atoms with Crippen molar-refractivity contribution >= 4 is 29.7 Å². The summed E-state index contributed by atoms with van der Waals surface area (Å²) < 4.78 is 0. The lowest BCUT2D eigenvalue weighted by Gasteiger charge is -2.37. The minimum atomic E-state index is -1.09.